The van der Waals surface area contributed by atoms with E-state index in [0.29, 0.717) is 39.5 Å². The second kappa shape index (κ2) is 7.97. The number of anilines is 1. The Morgan fingerprint density at radius 1 is 1.14 bits per heavy atom. The van der Waals surface area contributed by atoms with Gasteiger partial charge in [0.15, 0.2) is 6.10 Å². The first-order chi connectivity index (χ1) is 13.2. The van der Waals surface area contributed by atoms with Crippen LogP contribution in [0.5, 0.6) is 0 Å². The van der Waals surface area contributed by atoms with E-state index in [4.69, 9.17) is 5.73 Å². The zero-order valence-electron chi connectivity index (χ0n) is 14.9. The number of hydrogen-bond acceptors (Lipinski definition) is 4. The number of aliphatic hydroxyl groups excluding tert-OH is 1. The maximum Gasteiger partial charge on any atom is 0.418 e. The zero-order chi connectivity index (χ0) is 20.5. The van der Waals surface area contributed by atoms with Crippen molar-refractivity contribution in [3.05, 3.63) is 70.7 Å². The minimum atomic E-state index is -4.71. The average Bonchev–Trinajstić information content (AvgIpc) is 2.63. The molecule has 0 amide bonds. The highest BCUT2D eigenvalue weighted by Gasteiger charge is 2.39. The summed E-state index contributed by atoms with van der Waals surface area (Å²) in [5.41, 5.74) is 8.80. The van der Waals surface area contributed by atoms with Crippen LogP contribution < -0.4 is 5.73 Å². The third kappa shape index (κ3) is 4.23. The van der Waals surface area contributed by atoms with Gasteiger partial charge in [0.2, 0.25) is 0 Å². The monoisotopic (exact) mass is 410 g/mol. The minimum Gasteiger partial charge on any atom is -0.398 e. The van der Waals surface area contributed by atoms with Gasteiger partial charge >= 0.3 is 6.18 Å². The van der Waals surface area contributed by atoms with E-state index in [1.165, 1.54) is 36.0 Å². The number of rotatable bonds is 5. The molecule has 1 atom stereocenters. The van der Waals surface area contributed by atoms with E-state index >= 15 is 0 Å². The average molecular weight is 410 g/mol. The van der Waals surface area contributed by atoms with Crippen molar-refractivity contribution in [1.29, 1.82) is 0 Å². The zero-order valence-corrected chi connectivity index (χ0v) is 15.7. The second-order valence-electron chi connectivity index (χ2n) is 6.41. The quantitative estimate of drug-likeness (QED) is 0.561. The molecule has 0 radical (unpaired) electrons. The lowest BCUT2D eigenvalue weighted by atomic mass is 10.1. The van der Waals surface area contributed by atoms with Crippen LogP contribution in [0.1, 0.15) is 28.5 Å². The summed E-state index contributed by atoms with van der Waals surface area (Å²) < 4.78 is 52.2. The van der Waals surface area contributed by atoms with Gasteiger partial charge in [0.05, 0.1) is 10.9 Å². The summed E-state index contributed by atoms with van der Waals surface area (Å²) >= 11 is 1.42. The van der Waals surface area contributed by atoms with Crippen molar-refractivity contribution < 1.29 is 22.7 Å². The van der Waals surface area contributed by atoms with Crippen LogP contribution in [0.25, 0.3) is 10.9 Å². The smallest absolute Gasteiger partial charge is 0.398 e. The van der Waals surface area contributed by atoms with Crippen LogP contribution in [0.2, 0.25) is 0 Å². The number of hydrogen-bond donors (Lipinski definition) is 2. The summed E-state index contributed by atoms with van der Waals surface area (Å²) in [6.07, 6.45) is -7.22. The van der Waals surface area contributed by atoms with Gasteiger partial charge in [0.1, 0.15) is 5.82 Å². The third-order valence-electron chi connectivity index (χ3n) is 4.40. The molecule has 0 saturated carbocycles. The molecule has 0 aliphatic carbocycles. The molecule has 3 aromatic rings. The summed E-state index contributed by atoms with van der Waals surface area (Å²) in [6.45, 7) is 1.79. The van der Waals surface area contributed by atoms with Crippen molar-refractivity contribution >= 4 is 28.4 Å². The highest BCUT2D eigenvalue weighted by atomic mass is 32.2. The molecule has 3 rings (SSSR count). The Hall–Kier alpha value is -2.32. The lowest BCUT2D eigenvalue weighted by Gasteiger charge is -2.16. The lowest BCUT2D eigenvalue weighted by molar-refractivity contribution is -0.206. The maximum absolute atomic E-state index is 14.1. The van der Waals surface area contributed by atoms with E-state index in [1.807, 2.05) is 0 Å². The van der Waals surface area contributed by atoms with Gasteiger partial charge < -0.3 is 10.8 Å². The Balaban J connectivity index is 1.77. The van der Waals surface area contributed by atoms with Crippen molar-refractivity contribution in [2.75, 3.05) is 5.73 Å². The normalized spacial score (nSPS) is 13.1. The van der Waals surface area contributed by atoms with Crippen molar-refractivity contribution in [2.24, 2.45) is 0 Å². The first-order valence-corrected chi connectivity index (χ1v) is 9.58. The lowest BCUT2D eigenvalue weighted by Crippen LogP contribution is -2.20. The summed E-state index contributed by atoms with van der Waals surface area (Å²) in [4.78, 5) is 4.40. The number of benzene rings is 2. The number of aryl methyl sites for hydroxylation is 1. The summed E-state index contributed by atoms with van der Waals surface area (Å²) in [7, 11) is 0. The molecule has 0 saturated heterocycles. The predicted molar refractivity (Wildman–Crippen MR) is 103 cm³/mol. The Morgan fingerprint density at radius 2 is 1.86 bits per heavy atom. The van der Waals surface area contributed by atoms with Crippen LogP contribution in [0.4, 0.5) is 23.2 Å². The van der Waals surface area contributed by atoms with E-state index in [-0.39, 0.29) is 10.9 Å². The van der Waals surface area contributed by atoms with E-state index in [9.17, 15) is 22.7 Å². The summed E-state index contributed by atoms with van der Waals surface area (Å²) in [6, 6.07) is 10.3. The fourth-order valence-electron chi connectivity index (χ4n) is 2.96. The van der Waals surface area contributed by atoms with Gasteiger partial charge in [-0.15, -0.1) is 0 Å². The highest BCUT2D eigenvalue weighted by Crippen LogP contribution is 2.34. The Kier molecular flexibility index (Phi) is 5.81. The molecule has 0 bridgehead atoms. The van der Waals surface area contributed by atoms with Crippen molar-refractivity contribution in [1.82, 2.24) is 4.98 Å². The molecule has 3 N–H and O–H groups in total. The first-order valence-electron chi connectivity index (χ1n) is 8.43. The van der Waals surface area contributed by atoms with Gasteiger partial charge in [-0.1, -0.05) is 30.3 Å². The van der Waals surface area contributed by atoms with E-state index in [2.05, 4.69) is 4.98 Å². The van der Waals surface area contributed by atoms with Crippen LogP contribution in [0.15, 0.2) is 42.5 Å². The van der Waals surface area contributed by atoms with Gasteiger partial charge in [0.25, 0.3) is 0 Å². The Bertz CT molecular complexity index is 1010. The molecule has 1 unspecified atom stereocenters. The van der Waals surface area contributed by atoms with Gasteiger partial charge in [0, 0.05) is 28.5 Å². The van der Waals surface area contributed by atoms with Gasteiger partial charge in [-0.05, 0) is 30.2 Å². The van der Waals surface area contributed by atoms with Crippen molar-refractivity contribution in [2.45, 2.75) is 30.7 Å². The molecule has 2 aromatic carbocycles. The molecule has 148 valence electrons. The fourth-order valence-corrected chi connectivity index (χ4v) is 4.05. The van der Waals surface area contributed by atoms with E-state index in [0.717, 1.165) is 0 Å². The number of thioether (sulfide) groups is 1. The molecular weight excluding hydrogens is 392 g/mol. The number of pyridine rings is 1. The molecule has 8 heteroatoms. The van der Waals surface area contributed by atoms with Crippen molar-refractivity contribution in [3.63, 3.8) is 0 Å². The number of aromatic nitrogens is 1. The number of nitrogen functional groups attached to an aromatic ring is 1. The minimum absolute atomic E-state index is 0.198. The number of halogens is 4. The topological polar surface area (TPSA) is 59.1 Å². The molecule has 0 spiro atoms. The predicted octanol–water partition coefficient (Wildman–Crippen LogP) is 5.29. The van der Waals surface area contributed by atoms with Gasteiger partial charge in [-0.3, -0.25) is 4.98 Å². The third-order valence-corrected chi connectivity index (χ3v) is 5.43. The Labute approximate surface area is 163 Å². The van der Waals surface area contributed by atoms with Crippen LogP contribution >= 0.6 is 11.8 Å². The van der Waals surface area contributed by atoms with Crippen LogP contribution in [0, 0.1) is 12.7 Å². The van der Waals surface area contributed by atoms with Crippen LogP contribution in [0.3, 0.4) is 0 Å². The highest BCUT2D eigenvalue weighted by molar-refractivity contribution is 7.97. The van der Waals surface area contributed by atoms with E-state index in [1.54, 1.807) is 25.1 Å². The maximum atomic E-state index is 14.1. The number of aliphatic hydroxyl groups is 1. The number of nitrogens with two attached hydrogens (primary N) is 1. The summed E-state index contributed by atoms with van der Waals surface area (Å²) in [5, 5.41) is 9.67. The number of nitrogens with zero attached hydrogens (tertiary/aromatic N) is 1. The SMILES string of the molecule is Cc1nc2cccc(F)c2c(N)c1CSCc1cccc(C(O)C(F)(F)F)c1. The molecule has 0 fully saturated rings. The largest absolute Gasteiger partial charge is 0.418 e. The molecule has 3 nitrogen and oxygen atoms in total. The Morgan fingerprint density at radius 3 is 2.57 bits per heavy atom. The summed E-state index contributed by atoms with van der Waals surface area (Å²) in [5.74, 6) is 0.399. The van der Waals surface area contributed by atoms with Crippen LogP contribution in [-0.2, 0) is 11.5 Å². The molecule has 0 aliphatic rings. The number of fused-ring (bicyclic) bond motifs is 1. The van der Waals surface area contributed by atoms with E-state index < -0.39 is 18.1 Å². The van der Waals surface area contributed by atoms with Gasteiger partial charge in [-0.2, -0.15) is 24.9 Å². The number of alkyl halides is 3. The molecule has 1 heterocycles. The van der Waals surface area contributed by atoms with Crippen molar-refractivity contribution in [3.8, 4) is 0 Å². The molecular formula is C20H18F4N2OS. The van der Waals surface area contributed by atoms with Gasteiger partial charge in [-0.25, -0.2) is 4.39 Å². The molecule has 0 aliphatic heterocycles. The second-order valence-corrected chi connectivity index (χ2v) is 7.39. The molecule has 28 heavy (non-hydrogen) atoms. The standard InChI is InChI=1S/C20H18F4N2OS/c1-11-14(18(25)17-15(21)6-3-7-16(17)26-11)10-28-9-12-4-2-5-13(8-12)19(27)20(22,23)24/h2-8,19,27H,9-10H2,1H3,(H2,25,26). The molecule has 1 aromatic heterocycles. The van der Waals surface area contributed by atoms with Crippen LogP contribution in [-0.4, -0.2) is 16.3 Å². The first kappa shape index (κ1) is 20.4. The fraction of sp³-hybridized carbons (Fsp3) is 0.250.